The fourth-order valence-corrected chi connectivity index (χ4v) is 3.20. The van der Waals surface area contributed by atoms with E-state index in [1.54, 1.807) is 11.1 Å². The molecule has 0 fully saturated rings. The summed E-state index contributed by atoms with van der Waals surface area (Å²) in [7, 11) is 0. The molecule has 0 aliphatic heterocycles. The monoisotopic (exact) mass is 259 g/mol. The molecule has 3 atom stereocenters. The zero-order valence-corrected chi connectivity index (χ0v) is 13.0. The fourth-order valence-electron chi connectivity index (χ4n) is 3.20. The average molecular weight is 259 g/mol. The Morgan fingerprint density at radius 3 is 2.79 bits per heavy atom. The molecule has 0 amide bonds. The van der Waals surface area contributed by atoms with Gasteiger partial charge in [-0.15, -0.1) is 0 Å². The van der Waals surface area contributed by atoms with Crippen LogP contribution in [0, 0.1) is 5.92 Å². The van der Waals surface area contributed by atoms with Crippen molar-refractivity contribution in [1.82, 2.24) is 5.32 Å². The lowest BCUT2D eigenvalue weighted by atomic mass is 9.90. The predicted octanol–water partition coefficient (Wildman–Crippen LogP) is 4.82. The van der Waals surface area contributed by atoms with Crippen molar-refractivity contribution < 1.29 is 0 Å². The molecule has 19 heavy (non-hydrogen) atoms. The van der Waals surface area contributed by atoms with E-state index in [1.807, 2.05) is 0 Å². The molecule has 1 nitrogen and oxygen atoms in total. The Morgan fingerprint density at radius 1 is 1.32 bits per heavy atom. The van der Waals surface area contributed by atoms with Crippen LogP contribution < -0.4 is 5.32 Å². The Bertz CT molecular complexity index is 410. The lowest BCUT2D eigenvalue weighted by molar-refractivity contribution is 0.414. The van der Waals surface area contributed by atoms with Crippen LogP contribution in [0.2, 0.25) is 0 Å². The first-order valence-electron chi connectivity index (χ1n) is 8.01. The number of benzene rings is 1. The summed E-state index contributed by atoms with van der Waals surface area (Å²) >= 11 is 0. The van der Waals surface area contributed by atoms with E-state index in [0.717, 1.165) is 12.5 Å². The van der Waals surface area contributed by atoms with E-state index in [0.29, 0.717) is 12.0 Å². The maximum absolute atomic E-state index is 3.70. The standard InChI is InChI=1S/C18H29N/c1-5-14(4)16-10-9-15-8-7-13(3)11-18(19-6-2)17(15)12-16/h9-10,12-14,18-19H,5-8,11H2,1-4H3. The first-order chi connectivity index (χ1) is 9.15. The largest absolute Gasteiger partial charge is 0.310 e. The number of hydrogen-bond acceptors (Lipinski definition) is 1. The number of nitrogens with one attached hydrogen (secondary N) is 1. The van der Waals surface area contributed by atoms with E-state index < -0.39 is 0 Å². The lowest BCUT2D eigenvalue weighted by Crippen LogP contribution is -2.22. The number of fused-ring (bicyclic) bond motifs is 1. The summed E-state index contributed by atoms with van der Waals surface area (Å²) in [5, 5.41) is 3.70. The van der Waals surface area contributed by atoms with Gasteiger partial charge in [-0.2, -0.15) is 0 Å². The summed E-state index contributed by atoms with van der Waals surface area (Å²) in [4.78, 5) is 0. The van der Waals surface area contributed by atoms with Gasteiger partial charge < -0.3 is 5.32 Å². The second kappa shape index (κ2) is 6.56. The molecule has 3 unspecified atom stereocenters. The Morgan fingerprint density at radius 2 is 2.11 bits per heavy atom. The van der Waals surface area contributed by atoms with Gasteiger partial charge in [0.1, 0.15) is 0 Å². The van der Waals surface area contributed by atoms with E-state index in [4.69, 9.17) is 0 Å². The third-order valence-electron chi connectivity index (χ3n) is 4.72. The highest BCUT2D eigenvalue weighted by Gasteiger charge is 2.22. The smallest absolute Gasteiger partial charge is 0.0325 e. The molecule has 1 heteroatoms. The van der Waals surface area contributed by atoms with Crippen LogP contribution in [0.1, 0.15) is 75.6 Å². The predicted molar refractivity (Wildman–Crippen MR) is 83.7 cm³/mol. The van der Waals surface area contributed by atoms with Crippen molar-refractivity contribution in [2.75, 3.05) is 6.54 Å². The summed E-state index contributed by atoms with van der Waals surface area (Å²) in [6.07, 6.45) is 5.09. The lowest BCUT2D eigenvalue weighted by Gasteiger charge is -2.22. The van der Waals surface area contributed by atoms with E-state index >= 15 is 0 Å². The molecular weight excluding hydrogens is 230 g/mol. The van der Waals surface area contributed by atoms with Gasteiger partial charge in [-0.1, -0.05) is 45.9 Å². The SMILES string of the molecule is CCNC1CC(C)CCc2ccc(C(C)CC)cc21. The Balaban J connectivity index is 2.35. The van der Waals surface area contributed by atoms with Gasteiger partial charge in [0.15, 0.2) is 0 Å². The summed E-state index contributed by atoms with van der Waals surface area (Å²) < 4.78 is 0. The van der Waals surface area contributed by atoms with E-state index in [9.17, 15) is 0 Å². The van der Waals surface area contributed by atoms with Crippen LogP contribution >= 0.6 is 0 Å². The number of aryl methyl sites for hydroxylation is 1. The molecule has 0 saturated carbocycles. The van der Waals surface area contributed by atoms with Gasteiger partial charge >= 0.3 is 0 Å². The van der Waals surface area contributed by atoms with Crippen LogP contribution in [-0.4, -0.2) is 6.54 Å². The molecule has 1 aromatic rings. The Labute approximate surface area is 118 Å². The molecule has 0 heterocycles. The summed E-state index contributed by atoms with van der Waals surface area (Å²) in [5.41, 5.74) is 4.66. The molecule has 1 aliphatic rings. The van der Waals surface area contributed by atoms with Gasteiger partial charge in [-0.25, -0.2) is 0 Å². The van der Waals surface area contributed by atoms with Crippen LogP contribution in [0.3, 0.4) is 0 Å². The van der Waals surface area contributed by atoms with Crippen LogP contribution in [0.25, 0.3) is 0 Å². The third kappa shape index (κ3) is 3.39. The van der Waals surface area contributed by atoms with Crippen molar-refractivity contribution in [3.63, 3.8) is 0 Å². The van der Waals surface area contributed by atoms with Crippen molar-refractivity contribution >= 4 is 0 Å². The second-order valence-corrected chi connectivity index (χ2v) is 6.26. The quantitative estimate of drug-likeness (QED) is 0.764. The van der Waals surface area contributed by atoms with Gasteiger partial charge in [0.25, 0.3) is 0 Å². The first-order valence-corrected chi connectivity index (χ1v) is 8.01. The topological polar surface area (TPSA) is 12.0 Å². The van der Waals surface area contributed by atoms with Crippen molar-refractivity contribution in [1.29, 1.82) is 0 Å². The summed E-state index contributed by atoms with van der Waals surface area (Å²) in [5.74, 6) is 1.50. The number of rotatable bonds is 4. The highest BCUT2D eigenvalue weighted by atomic mass is 14.9. The number of hydrogen-bond donors (Lipinski definition) is 1. The van der Waals surface area contributed by atoms with E-state index in [1.165, 1.54) is 31.2 Å². The molecular formula is C18H29N. The molecule has 2 rings (SSSR count). The Kier molecular flexibility index (Phi) is 5.04. The van der Waals surface area contributed by atoms with Gasteiger partial charge in [-0.05, 0) is 60.8 Å². The highest BCUT2D eigenvalue weighted by Crippen LogP contribution is 2.34. The van der Waals surface area contributed by atoms with Crippen LogP contribution in [0.15, 0.2) is 18.2 Å². The van der Waals surface area contributed by atoms with Crippen molar-refractivity contribution in [2.45, 2.75) is 65.3 Å². The summed E-state index contributed by atoms with van der Waals surface area (Å²) in [6.45, 7) is 10.3. The molecule has 0 bridgehead atoms. The Hall–Kier alpha value is -0.820. The molecule has 1 aliphatic carbocycles. The minimum atomic E-state index is 0.557. The molecule has 0 radical (unpaired) electrons. The van der Waals surface area contributed by atoms with Crippen molar-refractivity contribution in [3.05, 3.63) is 34.9 Å². The van der Waals surface area contributed by atoms with Gasteiger partial charge in [0, 0.05) is 6.04 Å². The van der Waals surface area contributed by atoms with E-state index in [2.05, 4.69) is 51.2 Å². The average Bonchev–Trinajstić information content (AvgIpc) is 2.58. The molecule has 1 N–H and O–H groups in total. The van der Waals surface area contributed by atoms with E-state index in [-0.39, 0.29) is 0 Å². The molecule has 0 aromatic heterocycles. The third-order valence-corrected chi connectivity index (χ3v) is 4.72. The maximum atomic E-state index is 3.70. The minimum Gasteiger partial charge on any atom is -0.310 e. The first kappa shape index (κ1) is 14.6. The fraction of sp³-hybridized carbons (Fsp3) is 0.667. The van der Waals surface area contributed by atoms with Gasteiger partial charge in [-0.3, -0.25) is 0 Å². The molecule has 0 spiro atoms. The minimum absolute atomic E-state index is 0.557. The zero-order chi connectivity index (χ0) is 13.8. The van der Waals surface area contributed by atoms with Crippen LogP contribution in [0.4, 0.5) is 0 Å². The van der Waals surface area contributed by atoms with Crippen LogP contribution in [-0.2, 0) is 6.42 Å². The normalized spacial score (nSPS) is 24.6. The molecule has 1 aromatic carbocycles. The summed E-state index contributed by atoms with van der Waals surface area (Å²) in [6, 6.07) is 7.78. The molecule has 0 saturated heterocycles. The van der Waals surface area contributed by atoms with Crippen LogP contribution in [0.5, 0.6) is 0 Å². The molecule has 106 valence electrons. The second-order valence-electron chi connectivity index (χ2n) is 6.26. The maximum Gasteiger partial charge on any atom is 0.0325 e. The van der Waals surface area contributed by atoms with Crippen molar-refractivity contribution in [3.8, 4) is 0 Å². The van der Waals surface area contributed by atoms with Gasteiger partial charge in [0.2, 0.25) is 0 Å². The highest BCUT2D eigenvalue weighted by molar-refractivity contribution is 5.37. The zero-order valence-electron chi connectivity index (χ0n) is 13.0. The van der Waals surface area contributed by atoms with Crippen molar-refractivity contribution in [2.24, 2.45) is 5.92 Å². The van der Waals surface area contributed by atoms with Gasteiger partial charge in [0.05, 0.1) is 0 Å².